The van der Waals surface area contributed by atoms with Crippen molar-refractivity contribution in [2.75, 3.05) is 12.4 Å². The molecule has 0 aliphatic rings. The molecule has 0 aliphatic heterocycles. The van der Waals surface area contributed by atoms with Crippen molar-refractivity contribution in [3.05, 3.63) is 0 Å². The Kier molecular flexibility index (Phi) is 4.20. The Bertz CT molecular complexity index is 111. The van der Waals surface area contributed by atoms with Gasteiger partial charge in [-0.05, 0) is 11.1 Å². The lowest BCUT2D eigenvalue weighted by atomic mass is 10.7. The van der Waals surface area contributed by atoms with Gasteiger partial charge in [-0.25, -0.2) is 0 Å². The lowest BCUT2D eigenvalue weighted by molar-refractivity contribution is -0.135. The molecule has 0 saturated heterocycles. The van der Waals surface area contributed by atoms with Crippen molar-refractivity contribution in [3.63, 3.8) is 0 Å². The molecule has 1 unspecified atom stereocenters. The summed E-state index contributed by atoms with van der Waals surface area (Å²) in [5, 5.41) is 10.1. The molecule has 0 aromatic rings. The minimum absolute atomic E-state index is 0.313. The van der Waals surface area contributed by atoms with Crippen LogP contribution in [-0.4, -0.2) is 32.3 Å². The minimum Gasteiger partial charge on any atom is -0.771 e. The Labute approximate surface area is 54.4 Å². The van der Waals surface area contributed by atoms with Gasteiger partial charge in [0.05, 0.1) is 12.4 Å². The molecule has 0 rings (SSSR count). The number of carbonyl (C=O) groups is 1. The van der Waals surface area contributed by atoms with Gasteiger partial charge in [0.25, 0.3) is 0 Å². The topological polar surface area (TPSA) is 89.5 Å². The van der Waals surface area contributed by atoms with E-state index in [-0.39, 0.29) is 12.4 Å². The second kappa shape index (κ2) is 4.42. The molecule has 0 spiro atoms. The van der Waals surface area contributed by atoms with Gasteiger partial charge in [-0.1, -0.05) is 0 Å². The first-order chi connectivity index (χ1) is 4.13. The number of rotatable bonds is 4. The summed E-state index contributed by atoms with van der Waals surface area (Å²) in [5.74, 6) is -1.38. The van der Waals surface area contributed by atoms with Crippen LogP contribution in [0.4, 0.5) is 0 Å². The normalized spacial score (nSPS) is 13.0. The SMILES string of the molecule is O=C(O)CNCS(=O)[O-]. The van der Waals surface area contributed by atoms with Crippen molar-refractivity contribution in [3.8, 4) is 0 Å². The Hall–Kier alpha value is -0.460. The van der Waals surface area contributed by atoms with Crippen LogP contribution in [-0.2, 0) is 15.9 Å². The van der Waals surface area contributed by atoms with Crippen molar-refractivity contribution in [2.24, 2.45) is 0 Å². The van der Waals surface area contributed by atoms with Crippen molar-refractivity contribution >= 4 is 17.0 Å². The summed E-state index contributed by atoms with van der Waals surface area (Å²) in [7, 11) is 0. The van der Waals surface area contributed by atoms with E-state index in [1.54, 1.807) is 0 Å². The quantitative estimate of drug-likeness (QED) is 0.478. The van der Waals surface area contributed by atoms with Gasteiger partial charge in [-0.3, -0.25) is 14.3 Å². The molecule has 0 saturated carbocycles. The fraction of sp³-hybridized carbons (Fsp3) is 0.667. The first kappa shape index (κ1) is 8.54. The molecule has 54 valence electrons. The Morgan fingerprint density at radius 3 is 2.67 bits per heavy atom. The minimum atomic E-state index is -2.21. The average Bonchev–Trinajstić information content (AvgIpc) is 1.63. The standard InChI is InChI=1S/C3H7NO4S/c5-3(6)1-4-2-9(7)8/h4H,1-2H2,(H,5,6)(H,7,8)/p-1. The Balaban J connectivity index is 3.10. The molecule has 2 N–H and O–H groups in total. The molecule has 9 heavy (non-hydrogen) atoms. The van der Waals surface area contributed by atoms with Crippen LogP contribution in [0, 0.1) is 0 Å². The number of aliphatic carboxylic acids is 1. The molecule has 0 fully saturated rings. The fourth-order valence-corrected chi connectivity index (χ4v) is 0.510. The molecule has 0 aromatic heterocycles. The molecule has 1 atom stereocenters. The number of carboxylic acid groups (broad SMARTS) is 1. The summed E-state index contributed by atoms with van der Waals surface area (Å²) >= 11 is -2.21. The highest BCUT2D eigenvalue weighted by Gasteiger charge is 1.92. The van der Waals surface area contributed by atoms with Crippen LogP contribution in [0.2, 0.25) is 0 Å². The van der Waals surface area contributed by atoms with Crippen LogP contribution in [0.5, 0.6) is 0 Å². The number of carboxylic acids is 1. The van der Waals surface area contributed by atoms with E-state index in [0.717, 1.165) is 0 Å². The summed E-state index contributed by atoms with van der Waals surface area (Å²) in [4.78, 5) is 9.72. The average molecular weight is 152 g/mol. The molecule has 0 radical (unpaired) electrons. The maximum absolute atomic E-state index is 9.73. The molecular weight excluding hydrogens is 146 g/mol. The number of hydrogen-bond donors (Lipinski definition) is 2. The van der Waals surface area contributed by atoms with E-state index in [0.29, 0.717) is 0 Å². The zero-order valence-corrected chi connectivity index (χ0v) is 5.31. The van der Waals surface area contributed by atoms with E-state index in [9.17, 15) is 13.6 Å². The van der Waals surface area contributed by atoms with E-state index >= 15 is 0 Å². The molecule has 5 nitrogen and oxygen atoms in total. The Morgan fingerprint density at radius 2 is 2.33 bits per heavy atom. The molecule has 0 aromatic carbocycles. The van der Waals surface area contributed by atoms with Gasteiger partial charge in [-0.15, -0.1) is 0 Å². The van der Waals surface area contributed by atoms with E-state index < -0.39 is 17.0 Å². The lowest BCUT2D eigenvalue weighted by Gasteiger charge is -2.03. The van der Waals surface area contributed by atoms with Crippen molar-refractivity contribution in [1.82, 2.24) is 5.32 Å². The highest BCUT2D eigenvalue weighted by atomic mass is 32.2. The van der Waals surface area contributed by atoms with Crippen LogP contribution in [0.15, 0.2) is 0 Å². The summed E-state index contributed by atoms with van der Waals surface area (Å²) in [6, 6.07) is 0. The predicted molar refractivity (Wildman–Crippen MR) is 29.4 cm³/mol. The predicted octanol–water partition coefficient (Wildman–Crippen LogP) is -1.50. The maximum atomic E-state index is 9.73. The molecule has 0 aliphatic carbocycles. The van der Waals surface area contributed by atoms with Gasteiger partial charge in [0.1, 0.15) is 0 Å². The van der Waals surface area contributed by atoms with Crippen molar-refractivity contribution < 1.29 is 18.7 Å². The largest absolute Gasteiger partial charge is 0.771 e. The molecule has 6 heteroatoms. The van der Waals surface area contributed by atoms with E-state index in [4.69, 9.17) is 5.11 Å². The summed E-state index contributed by atoms with van der Waals surface area (Å²) < 4.78 is 19.5. The third kappa shape index (κ3) is 7.54. The van der Waals surface area contributed by atoms with Crippen LogP contribution in [0.25, 0.3) is 0 Å². The first-order valence-corrected chi connectivity index (χ1v) is 3.35. The van der Waals surface area contributed by atoms with Crippen LogP contribution in [0.1, 0.15) is 0 Å². The second-order valence-corrected chi connectivity index (χ2v) is 2.16. The van der Waals surface area contributed by atoms with Crippen molar-refractivity contribution in [2.45, 2.75) is 0 Å². The van der Waals surface area contributed by atoms with Gasteiger partial charge in [0.2, 0.25) is 0 Å². The number of nitrogens with one attached hydrogen (secondary N) is 1. The first-order valence-electron chi connectivity index (χ1n) is 2.11. The van der Waals surface area contributed by atoms with E-state index in [2.05, 4.69) is 5.32 Å². The van der Waals surface area contributed by atoms with Gasteiger partial charge in [0.15, 0.2) is 0 Å². The lowest BCUT2D eigenvalue weighted by Crippen LogP contribution is -2.25. The third-order valence-electron chi connectivity index (χ3n) is 0.496. The van der Waals surface area contributed by atoms with Crippen LogP contribution in [0.3, 0.4) is 0 Å². The highest BCUT2D eigenvalue weighted by Crippen LogP contribution is 1.66. The molecular formula is C3H6NO4S-. The molecule has 0 bridgehead atoms. The Morgan fingerprint density at radius 1 is 1.78 bits per heavy atom. The summed E-state index contributed by atoms with van der Waals surface area (Å²) in [5.41, 5.74) is 0. The highest BCUT2D eigenvalue weighted by molar-refractivity contribution is 7.79. The maximum Gasteiger partial charge on any atom is 0.317 e. The summed E-state index contributed by atoms with van der Waals surface area (Å²) in [6.07, 6.45) is 0. The van der Waals surface area contributed by atoms with Gasteiger partial charge < -0.3 is 9.66 Å². The van der Waals surface area contributed by atoms with Crippen molar-refractivity contribution in [1.29, 1.82) is 0 Å². The van der Waals surface area contributed by atoms with Gasteiger partial charge in [0, 0.05) is 0 Å². The summed E-state index contributed by atoms with van der Waals surface area (Å²) in [6.45, 7) is -0.325. The fourth-order valence-electron chi connectivity index (χ4n) is 0.241. The smallest absolute Gasteiger partial charge is 0.317 e. The third-order valence-corrected chi connectivity index (χ3v) is 0.936. The van der Waals surface area contributed by atoms with Gasteiger partial charge >= 0.3 is 5.97 Å². The van der Waals surface area contributed by atoms with Gasteiger partial charge in [-0.2, -0.15) is 0 Å². The zero-order chi connectivity index (χ0) is 7.28. The van der Waals surface area contributed by atoms with Crippen LogP contribution < -0.4 is 5.32 Å². The monoisotopic (exact) mass is 152 g/mol. The second-order valence-electron chi connectivity index (χ2n) is 1.27. The van der Waals surface area contributed by atoms with E-state index in [1.165, 1.54) is 0 Å². The molecule has 0 amide bonds. The zero-order valence-electron chi connectivity index (χ0n) is 4.49. The van der Waals surface area contributed by atoms with Crippen LogP contribution >= 0.6 is 0 Å². The number of hydrogen-bond acceptors (Lipinski definition) is 4. The molecule has 0 heterocycles. The van der Waals surface area contributed by atoms with E-state index in [1.807, 2.05) is 0 Å².